The van der Waals surface area contributed by atoms with Gasteiger partial charge < -0.3 is 4.90 Å². The molecular weight excluding hydrogens is 348 g/mol. The molecule has 2 heterocycles. The van der Waals surface area contributed by atoms with Gasteiger partial charge in [-0.05, 0) is 54.4 Å². The average Bonchev–Trinajstić information content (AvgIpc) is 3.14. The van der Waals surface area contributed by atoms with Gasteiger partial charge in [-0.15, -0.1) is 11.3 Å². The van der Waals surface area contributed by atoms with E-state index in [1.165, 1.54) is 58.2 Å². The fraction of sp³-hybridized carbons (Fsp3) is 0.333. The number of rotatable bonds is 5. The molecule has 0 spiro atoms. The van der Waals surface area contributed by atoms with Gasteiger partial charge in [0.15, 0.2) is 0 Å². The third-order valence-electron chi connectivity index (χ3n) is 5.50. The Morgan fingerprint density at radius 1 is 0.889 bits per heavy atom. The van der Waals surface area contributed by atoms with Crippen molar-refractivity contribution in [2.45, 2.75) is 19.9 Å². The highest BCUT2D eigenvalue weighted by atomic mass is 32.1. The van der Waals surface area contributed by atoms with Crippen LogP contribution in [0.3, 0.4) is 0 Å². The molecule has 0 saturated carbocycles. The van der Waals surface area contributed by atoms with E-state index in [-0.39, 0.29) is 0 Å². The van der Waals surface area contributed by atoms with Crippen LogP contribution >= 0.6 is 11.3 Å². The second-order valence-electron chi connectivity index (χ2n) is 7.65. The lowest BCUT2D eigenvalue weighted by Gasteiger charge is -2.32. The molecule has 0 amide bonds. The van der Waals surface area contributed by atoms with Gasteiger partial charge in [0.1, 0.15) is 0 Å². The number of benzene rings is 2. The number of hydrogen-bond donors (Lipinski definition) is 0. The van der Waals surface area contributed by atoms with Crippen molar-refractivity contribution in [3.05, 3.63) is 82.2 Å². The van der Waals surface area contributed by atoms with Gasteiger partial charge in [-0.3, -0.25) is 4.90 Å². The SMILES string of the molecule is Cc1ccccc1Cc1ccc(-c2cccc(CN3CCN(C)CC3)c2)s1. The number of hydrogen-bond acceptors (Lipinski definition) is 3. The third kappa shape index (κ3) is 4.67. The average molecular weight is 377 g/mol. The molecule has 0 bridgehead atoms. The monoisotopic (exact) mass is 376 g/mol. The Hall–Kier alpha value is -1.94. The molecule has 1 aromatic heterocycles. The summed E-state index contributed by atoms with van der Waals surface area (Å²) >= 11 is 1.92. The number of aryl methyl sites for hydroxylation is 1. The zero-order valence-corrected chi connectivity index (χ0v) is 17.1. The molecule has 4 rings (SSSR count). The van der Waals surface area contributed by atoms with Gasteiger partial charge in [-0.1, -0.05) is 42.5 Å². The van der Waals surface area contributed by atoms with E-state index in [0.29, 0.717) is 0 Å². The highest BCUT2D eigenvalue weighted by Gasteiger charge is 2.14. The van der Waals surface area contributed by atoms with E-state index in [2.05, 4.69) is 84.4 Å². The summed E-state index contributed by atoms with van der Waals surface area (Å²) in [5.74, 6) is 0. The van der Waals surface area contributed by atoms with E-state index in [0.717, 1.165) is 13.0 Å². The quantitative estimate of drug-likeness (QED) is 0.614. The first-order valence-corrected chi connectivity index (χ1v) is 10.6. The Bertz CT molecular complexity index is 891. The molecule has 2 nitrogen and oxygen atoms in total. The van der Waals surface area contributed by atoms with Crippen LogP contribution in [0.25, 0.3) is 10.4 Å². The lowest BCUT2D eigenvalue weighted by Crippen LogP contribution is -2.43. The van der Waals surface area contributed by atoms with Crippen LogP contribution in [-0.4, -0.2) is 43.0 Å². The van der Waals surface area contributed by atoms with E-state index in [1.54, 1.807) is 0 Å². The predicted octanol–water partition coefficient (Wildman–Crippen LogP) is 5.06. The standard InChI is InChI=1S/C24H28N2S/c1-19-6-3-4-8-21(19)17-23-10-11-24(27-23)22-9-5-7-20(16-22)18-26-14-12-25(2)13-15-26/h3-11,16H,12-15,17-18H2,1-2H3. The van der Waals surface area contributed by atoms with Crippen molar-refractivity contribution >= 4 is 11.3 Å². The van der Waals surface area contributed by atoms with E-state index in [4.69, 9.17) is 0 Å². The van der Waals surface area contributed by atoms with Crippen molar-refractivity contribution < 1.29 is 0 Å². The minimum atomic E-state index is 1.03. The normalized spacial score (nSPS) is 15.9. The van der Waals surface area contributed by atoms with Gasteiger partial charge in [0.2, 0.25) is 0 Å². The molecule has 1 saturated heterocycles. The molecule has 1 aliphatic rings. The zero-order chi connectivity index (χ0) is 18.6. The summed E-state index contributed by atoms with van der Waals surface area (Å²) in [6.45, 7) is 7.94. The first-order chi connectivity index (χ1) is 13.2. The highest BCUT2D eigenvalue weighted by molar-refractivity contribution is 7.15. The van der Waals surface area contributed by atoms with E-state index in [1.807, 2.05) is 11.3 Å². The van der Waals surface area contributed by atoms with Crippen molar-refractivity contribution in [2.75, 3.05) is 33.2 Å². The lowest BCUT2D eigenvalue weighted by molar-refractivity contribution is 0.148. The summed E-state index contributed by atoms with van der Waals surface area (Å²) in [5, 5.41) is 0. The maximum Gasteiger partial charge on any atom is 0.0345 e. The predicted molar refractivity (Wildman–Crippen MR) is 117 cm³/mol. The molecule has 2 aromatic carbocycles. The van der Waals surface area contributed by atoms with Crippen LogP contribution in [0.2, 0.25) is 0 Å². The van der Waals surface area contributed by atoms with Crippen LogP contribution < -0.4 is 0 Å². The highest BCUT2D eigenvalue weighted by Crippen LogP contribution is 2.30. The molecule has 1 fully saturated rings. The Morgan fingerprint density at radius 2 is 1.70 bits per heavy atom. The number of nitrogens with zero attached hydrogens (tertiary/aromatic N) is 2. The van der Waals surface area contributed by atoms with Gasteiger partial charge in [0.25, 0.3) is 0 Å². The summed E-state index contributed by atoms with van der Waals surface area (Å²) < 4.78 is 0. The molecule has 0 unspecified atom stereocenters. The molecule has 0 radical (unpaired) electrons. The molecular formula is C24H28N2S. The van der Waals surface area contributed by atoms with Crippen LogP contribution in [0.1, 0.15) is 21.6 Å². The molecule has 27 heavy (non-hydrogen) atoms. The van der Waals surface area contributed by atoms with Crippen LogP contribution in [0.15, 0.2) is 60.7 Å². The topological polar surface area (TPSA) is 6.48 Å². The van der Waals surface area contributed by atoms with Gasteiger partial charge in [-0.25, -0.2) is 0 Å². The Labute approximate surface area is 167 Å². The van der Waals surface area contributed by atoms with Crippen LogP contribution in [0.5, 0.6) is 0 Å². The molecule has 3 heteroatoms. The largest absolute Gasteiger partial charge is 0.304 e. The van der Waals surface area contributed by atoms with Gasteiger partial charge in [0, 0.05) is 48.9 Å². The van der Waals surface area contributed by atoms with Gasteiger partial charge >= 0.3 is 0 Å². The van der Waals surface area contributed by atoms with Crippen molar-refractivity contribution in [2.24, 2.45) is 0 Å². The number of thiophene rings is 1. The second-order valence-corrected chi connectivity index (χ2v) is 8.82. The van der Waals surface area contributed by atoms with Crippen molar-refractivity contribution in [3.8, 4) is 10.4 Å². The molecule has 1 aliphatic heterocycles. The summed E-state index contributed by atoms with van der Waals surface area (Å²) in [6.07, 6.45) is 1.03. The van der Waals surface area contributed by atoms with Crippen molar-refractivity contribution in [1.82, 2.24) is 9.80 Å². The maximum absolute atomic E-state index is 2.57. The maximum atomic E-state index is 2.57. The number of likely N-dealkylation sites (N-methyl/N-ethyl adjacent to an activating group) is 1. The summed E-state index contributed by atoms with van der Waals surface area (Å²) in [5.41, 5.74) is 5.57. The summed E-state index contributed by atoms with van der Waals surface area (Å²) in [4.78, 5) is 7.79. The van der Waals surface area contributed by atoms with E-state index in [9.17, 15) is 0 Å². The second kappa shape index (κ2) is 8.39. The minimum absolute atomic E-state index is 1.03. The van der Waals surface area contributed by atoms with Gasteiger partial charge in [0.05, 0.1) is 0 Å². The minimum Gasteiger partial charge on any atom is -0.304 e. The first-order valence-electron chi connectivity index (χ1n) is 9.81. The van der Waals surface area contributed by atoms with Crippen LogP contribution in [-0.2, 0) is 13.0 Å². The summed E-state index contributed by atoms with van der Waals surface area (Å²) in [6, 6.07) is 22.4. The molecule has 0 aliphatic carbocycles. The number of piperazine rings is 1. The fourth-order valence-electron chi connectivity index (χ4n) is 3.71. The van der Waals surface area contributed by atoms with E-state index < -0.39 is 0 Å². The van der Waals surface area contributed by atoms with Crippen LogP contribution in [0, 0.1) is 6.92 Å². The molecule has 0 atom stereocenters. The van der Waals surface area contributed by atoms with E-state index >= 15 is 0 Å². The zero-order valence-electron chi connectivity index (χ0n) is 16.3. The molecule has 140 valence electrons. The lowest BCUT2D eigenvalue weighted by atomic mass is 10.1. The van der Waals surface area contributed by atoms with Crippen molar-refractivity contribution in [1.29, 1.82) is 0 Å². The fourth-order valence-corrected chi connectivity index (χ4v) is 4.74. The van der Waals surface area contributed by atoms with Crippen LogP contribution in [0.4, 0.5) is 0 Å². The molecule has 0 N–H and O–H groups in total. The van der Waals surface area contributed by atoms with Gasteiger partial charge in [-0.2, -0.15) is 0 Å². The van der Waals surface area contributed by atoms with Crippen molar-refractivity contribution in [3.63, 3.8) is 0 Å². The third-order valence-corrected chi connectivity index (χ3v) is 6.64. The first kappa shape index (κ1) is 18.4. The Morgan fingerprint density at radius 3 is 2.52 bits per heavy atom. The molecule has 3 aromatic rings. The smallest absolute Gasteiger partial charge is 0.0345 e. The Kier molecular flexibility index (Phi) is 5.72. The summed E-state index contributed by atoms with van der Waals surface area (Å²) in [7, 11) is 2.21. The Balaban J connectivity index is 1.46.